The van der Waals surface area contributed by atoms with Crippen molar-refractivity contribution in [3.63, 3.8) is 0 Å². The molecule has 2 heterocycles. The number of benzene rings is 3. The van der Waals surface area contributed by atoms with Gasteiger partial charge in [-0.25, -0.2) is 0 Å². The first-order chi connectivity index (χ1) is 13.3. The minimum atomic E-state index is -0.627. The molecule has 1 unspecified atom stereocenters. The number of nitrogens with zero attached hydrogens (tertiary/aromatic N) is 2. The second-order valence-corrected chi connectivity index (χ2v) is 7.97. The third-order valence-corrected chi connectivity index (χ3v) is 6.29. The summed E-state index contributed by atoms with van der Waals surface area (Å²) in [5, 5.41) is 12.9. The van der Waals surface area contributed by atoms with Crippen LogP contribution in [0.3, 0.4) is 0 Å². The Morgan fingerprint density at radius 3 is 2.61 bits per heavy atom. The van der Waals surface area contributed by atoms with E-state index in [1.165, 1.54) is 5.56 Å². The molecule has 28 heavy (non-hydrogen) atoms. The van der Waals surface area contributed by atoms with Crippen LogP contribution in [0.15, 0.2) is 60.7 Å². The van der Waals surface area contributed by atoms with Gasteiger partial charge in [0, 0.05) is 30.4 Å². The van der Waals surface area contributed by atoms with E-state index in [4.69, 9.17) is 4.74 Å². The van der Waals surface area contributed by atoms with Crippen molar-refractivity contribution in [2.75, 3.05) is 11.9 Å². The average molecular weight is 372 g/mol. The highest BCUT2D eigenvalue weighted by molar-refractivity contribution is 5.95. The highest BCUT2D eigenvalue weighted by Crippen LogP contribution is 2.54. The van der Waals surface area contributed by atoms with Crippen LogP contribution in [0.5, 0.6) is 5.75 Å². The number of ether oxygens (including phenoxy) is 1. The Balaban J connectivity index is 1.67. The number of fused-ring (bicyclic) bond motifs is 4. The van der Waals surface area contributed by atoms with Crippen molar-refractivity contribution in [2.45, 2.75) is 25.0 Å². The summed E-state index contributed by atoms with van der Waals surface area (Å²) < 4.78 is 6.68. The van der Waals surface area contributed by atoms with Gasteiger partial charge in [0.25, 0.3) is 5.69 Å². The van der Waals surface area contributed by atoms with E-state index in [9.17, 15) is 10.1 Å². The quantitative estimate of drug-likeness (QED) is 0.431. The highest BCUT2D eigenvalue weighted by Gasteiger charge is 2.57. The molecule has 5 heteroatoms. The molecule has 5 rings (SSSR count). The number of para-hydroxylation sites is 1. The Bertz CT molecular complexity index is 1180. The Hall–Kier alpha value is -3.34. The Kier molecular flexibility index (Phi) is 3.21. The lowest BCUT2D eigenvalue weighted by atomic mass is 9.76. The van der Waals surface area contributed by atoms with Crippen molar-refractivity contribution in [1.82, 2.24) is 0 Å². The topological polar surface area (TPSA) is 55.6 Å². The molecular formula is C23H20N2O3. The summed E-state index contributed by atoms with van der Waals surface area (Å²) >= 11 is 0. The third kappa shape index (κ3) is 1.96. The van der Waals surface area contributed by atoms with Gasteiger partial charge in [0.05, 0.1) is 10.3 Å². The van der Waals surface area contributed by atoms with E-state index in [1.54, 1.807) is 18.2 Å². The summed E-state index contributed by atoms with van der Waals surface area (Å²) in [4.78, 5) is 12.9. The van der Waals surface area contributed by atoms with Crippen molar-refractivity contribution < 1.29 is 9.66 Å². The van der Waals surface area contributed by atoms with E-state index in [-0.39, 0.29) is 16.0 Å². The maximum absolute atomic E-state index is 11.1. The molecule has 1 spiro atoms. The Morgan fingerprint density at radius 1 is 1.07 bits per heavy atom. The first-order valence-corrected chi connectivity index (χ1v) is 9.28. The molecule has 3 aromatic carbocycles. The molecule has 0 radical (unpaired) electrons. The molecule has 3 aromatic rings. The van der Waals surface area contributed by atoms with E-state index in [1.807, 2.05) is 18.2 Å². The minimum Gasteiger partial charge on any atom is -0.463 e. The summed E-state index contributed by atoms with van der Waals surface area (Å²) in [5.74, 6) is 0.789. The van der Waals surface area contributed by atoms with Crippen LogP contribution in [-0.2, 0) is 5.41 Å². The van der Waals surface area contributed by atoms with Gasteiger partial charge in [-0.15, -0.1) is 0 Å². The van der Waals surface area contributed by atoms with Crippen LogP contribution in [0, 0.1) is 10.1 Å². The fraction of sp³-hybridized carbons (Fsp3) is 0.217. The summed E-state index contributed by atoms with van der Waals surface area (Å²) in [7, 11) is 2.06. The van der Waals surface area contributed by atoms with Crippen molar-refractivity contribution in [3.05, 3.63) is 81.9 Å². The lowest BCUT2D eigenvalue weighted by molar-refractivity contribution is -0.384. The second kappa shape index (κ2) is 5.35. The average Bonchev–Trinajstić information content (AvgIpc) is 2.86. The van der Waals surface area contributed by atoms with Crippen molar-refractivity contribution in [3.8, 4) is 5.75 Å². The number of rotatable bonds is 1. The standard InChI is InChI=1S/C23H20N2O3/c1-22(2)19-6-4-5-7-20(19)24(3)23(22)13-12-18-17-10-9-16(25(26)27)14-15(17)8-11-21(18)28-23/h4-14H,1-3H3. The number of likely N-dealkylation sites (N-methyl/N-ethyl adjacent to an activating group) is 1. The molecule has 0 fully saturated rings. The van der Waals surface area contributed by atoms with E-state index in [0.29, 0.717) is 0 Å². The van der Waals surface area contributed by atoms with Crippen LogP contribution in [0.25, 0.3) is 16.8 Å². The van der Waals surface area contributed by atoms with Gasteiger partial charge in [0.1, 0.15) is 5.75 Å². The molecule has 0 aliphatic carbocycles. The van der Waals surface area contributed by atoms with Crippen LogP contribution in [0.1, 0.15) is 25.0 Å². The SMILES string of the molecule is CN1c2ccccc2C(C)(C)C12C=Cc1c(ccc3cc([N+](=O)[O-])ccc13)O2. The molecule has 0 bridgehead atoms. The van der Waals surface area contributed by atoms with Crippen LogP contribution in [0.2, 0.25) is 0 Å². The molecule has 2 aliphatic heterocycles. The lowest BCUT2D eigenvalue weighted by Crippen LogP contribution is -2.58. The predicted octanol–water partition coefficient (Wildman–Crippen LogP) is 5.28. The second-order valence-electron chi connectivity index (χ2n) is 7.97. The number of hydrogen-bond donors (Lipinski definition) is 0. The Morgan fingerprint density at radius 2 is 1.86 bits per heavy atom. The number of nitro groups is 1. The third-order valence-electron chi connectivity index (χ3n) is 6.29. The molecule has 0 aromatic heterocycles. The van der Waals surface area contributed by atoms with E-state index >= 15 is 0 Å². The first-order valence-electron chi connectivity index (χ1n) is 9.28. The maximum atomic E-state index is 11.1. The van der Waals surface area contributed by atoms with Gasteiger partial charge in [0.2, 0.25) is 5.72 Å². The Labute approximate surface area is 163 Å². The van der Waals surface area contributed by atoms with Gasteiger partial charge in [-0.2, -0.15) is 0 Å². The molecular weight excluding hydrogens is 352 g/mol. The van der Waals surface area contributed by atoms with E-state index in [2.05, 4.69) is 56.1 Å². The lowest BCUT2D eigenvalue weighted by Gasteiger charge is -2.46. The number of anilines is 1. The summed E-state index contributed by atoms with van der Waals surface area (Å²) in [6.07, 6.45) is 4.22. The van der Waals surface area contributed by atoms with Crippen LogP contribution in [-0.4, -0.2) is 17.7 Å². The fourth-order valence-corrected chi connectivity index (χ4v) is 4.70. The van der Waals surface area contributed by atoms with Gasteiger partial charge in [-0.1, -0.05) is 24.3 Å². The fourth-order valence-electron chi connectivity index (χ4n) is 4.70. The number of hydrogen-bond acceptors (Lipinski definition) is 4. The zero-order chi connectivity index (χ0) is 19.7. The molecule has 5 nitrogen and oxygen atoms in total. The largest absolute Gasteiger partial charge is 0.463 e. The molecule has 2 aliphatic rings. The van der Waals surface area contributed by atoms with Gasteiger partial charge in [0.15, 0.2) is 0 Å². The van der Waals surface area contributed by atoms with Gasteiger partial charge in [-0.3, -0.25) is 10.1 Å². The monoisotopic (exact) mass is 372 g/mol. The highest BCUT2D eigenvalue weighted by atomic mass is 16.6. The van der Waals surface area contributed by atoms with Crippen molar-refractivity contribution in [2.24, 2.45) is 0 Å². The summed E-state index contributed by atoms with van der Waals surface area (Å²) in [5.41, 5.74) is 2.59. The zero-order valence-corrected chi connectivity index (χ0v) is 16.0. The van der Waals surface area contributed by atoms with Crippen LogP contribution < -0.4 is 9.64 Å². The number of non-ortho nitro benzene ring substituents is 1. The van der Waals surface area contributed by atoms with Crippen LogP contribution >= 0.6 is 0 Å². The molecule has 0 saturated carbocycles. The maximum Gasteiger partial charge on any atom is 0.270 e. The molecule has 1 atom stereocenters. The molecule has 0 amide bonds. The van der Waals surface area contributed by atoms with Gasteiger partial charge < -0.3 is 9.64 Å². The van der Waals surface area contributed by atoms with Gasteiger partial charge in [-0.05, 0) is 60.5 Å². The van der Waals surface area contributed by atoms with Crippen molar-refractivity contribution in [1.29, 1.82) is 0 Å². The van der Waals surface area contributed by atoms with E-state index < -0.39 is 5.72 Å². The molecule has 0 saturated heterocycles. The number of nitro benzene ring substituents is 1. The van der Waals surface area contributed by atoms with Crippen molar-refractivity contribution >= 4 is 28.2 Å². The summed E-state index contributed by atoms with van der Waals surface area (Å²) in [6, 6.07) is 17.2. The minimum absolute atomic E-state index is 0.0942. The van der Waals surface area contributed by atoms with Gasteiger partial charge >= 0.3 is 0 Å². The van der Waals surface area contributed by atoms with Crippen LogP contribution in [0.4, 0.5) is 11.4 Å². The normalized spacial score (nSPS) is 21.5. The first kappa shape index (κ1) is 16.8. The zero-order valence-electron chi connectivity index (χ0n) is 16.0. The van der Waals surface area contributed by atoms with E-state index in [0.717, 1.165) is 27.8 Å². The smallest absolute Gasteiger partial charge is 0.270 e. The molecule has 0 N–H and O–H groups in total. The molecule has 140 valence electrons. The summed E-state index contributed by atoms with van der Waals surface area (Å²) in [6.45, 7) is 4.41. The predicted molar refractivity (Wildman–Crippen MR) is 111 cm³/mol.